The van der Waals surface area contributed by atoms with Crippen molar-refractivity contribution in [1.82, 2.24) is 0 Å². The SMILES string of the molecule is CC(OC(=O)C=Cc1ccco1)C(=O)Nc1cc(C(F)(F)F)ccc1Cl. The molecule has 1 heterocycles. The molecule has 0 aliphatic heterocycles. The van der Waals surface area contributed by atoms with E-state index in [1.165, 1.54) is 19.3 Å². The minimum atomic E-state index is -4.58. The Hall–Kier alpha value is -2.74. The fraction of sp³-hybridized carbons (Fsp3) is 0.176. The highest BCUT2D eigenvalue weighted by atomic mass is 35.5. The summed E-state index contributed by atoms with van der Waals surface area (Å²) in [6.07, 6.45) is -2.02. The van der Waals surface area contributed by atoms with Gasteiger partial charge in [-0.05, 0) is 43.3 Å². The van der Waals surface area contributed by atoms with Crippen LogP contribution < -0.4 is 5.32 Å². The van der Waals surface area contributed by atoms with Crippen LogP contribution in [-0.2, 0) is 20.5 Å². The molecule has 1 unspecified atom stereocenters. The molecule has 1 aromatic carbocycles. The third-order valence-electron chi connectivity index (χ3n) is 3.14. The first-order valence-electron chi connectivity index (χ1n) is 7.26. The summed E-state index contributed by atoms with van der Waals surface area (Å²) < 4.78 is 48.0. The predicted octanol–water partition coefficient (Wildman–Crippen LogP) is 4.54. The number of rotatable bonds is 5. The molecule has 0 aliphatic rings. The molecular formula is C17H13ClF3NO4. The molecule has 0 radical (unpaired) electrons. The molecule has 1 N–H and O–H groups in total. The Morgan fingerprint density at radius 3 is 2.65 bits per heavy atom. The van der Waals surface area contributed by atoms with Crippen LogP contribution in [0.3, 0.4) is 0 Å². The van der Waals surface area contributed by atoms with E-state index in [2.05, 4.69) is 5.32 Å². The number of ether oxygens (including phenoxy) is 1. The lowest BCUT2D eigenvalue weighted by molar-refractivity contribution is -0.148. The average molecular weight is 388 g/mol. The lowest BCUT2D eigenvalue weighted by Crippen LogP contribution is -2.29. The van der Waals surface area contributed by atoms with Gasteiger partial charge in [0, 0.05) is 6.08 Å². The summed E-state index contributed by atoms with van der Waals surface area (Å²) in [6.45, 7) is 1.27. The second-order valence-electron chi connectivity index (χ2n) is 5.11. The van der Waals surface area contributed by atoms with Gasteiger partial charge in [0.1, 0.15) is 5.76 Å². The summed E-state index contributed by atoms with van der Waals surface area (Å²) in [7, 11) is 0. The number of amides is 1. The molecule has 1 amide bonds. The number of nitrogens with one attached hydrogen (secondary N) is 1. The van der Waals surface area contributed by atoms with Crippen molar-refractivity contribution in [2.75, 3.05) is 5.32 Å². The van der Waals surface area contributed by atoms with E-state index in [1.807, 2.05) is 0 Å². The summed E-state index contributed by atoms with van der Waals surface area (Å²) in [4.78, 5) is 23.7. The first-order valence-corrected chi connectivity index (χ1v) is 7.64. The van der Waals surface area contributed by atoms with Crippen LogP contribution in [0.25, 0.3) is 6.08 Å². The maximum absolute atomic E-state index is 12.7. The van der Waals surface area contributed by atoms with Crippen molar-refractivity contribution in [2.24, 2.45) is 0 Å². The minimum Gasteiger partial charge on any atom is -0.465 e. The number of furan rings is 1. The zero-order valence-electron chi connectivity index (χ0n) is 13.3. The molecule has 0 spiro atoms. The second kappa shape index (κ2) is 8.09. The lowest BCUT2D eigenvalue weighted by atomic mass is 10.2. The molecule has 0 fully saturated rings. The Labute approximate surface area is 151 Å². The van der Waals surface area contributed by atoms with Crippen molar-refractivity contribution in [2.45, 2.75) is 19.2 Å². The molecule has 26 heavy (non-hydrogen) atoms. The van der Waals surface area contributed by atoms with Crippen LogP contribution in [0, 0.1) is 0 Å². The number of hydrogen-bond donors (Lipinski definition) is 1. The Morgan fingerprint density at radius 2 is 2.04 bits per heavy atom. The molecule has 1 aromatic heterocycles. The maximum atomic E-state index is 12.7. The number of anilines is 1. The molecule has 2 rings (SSSR count). The number of carbonyl (C=O) groups excluding carboxylic acids is 2. The molecule has 0 bridgehead atoms. The van der Waals surface area contributed by atoms with Gasteiger partial charge >= 0.3 is 12.1 Å². The molecular weight excluding hydrogens is 375 g/mol. The van der Waals surface area contributed by atoms with Crippen molar-refractivity contribution < 1.29 is 31.9 Å². The lowest BCUT2D eigenvalue weighted by Gasteiger charge is -2.15. The molecule has 9 heteroatoms. The topological polar surface area (TPSA) is 68.5 Å². The highest BCUT2D eigenvalue weighted by molar-refractivity contribution is 6.33. The zero-order valence-corrected chi connectivity index (χ0v) is 14.1. The van der Waals surface area contributed by atoms with Crippen LogP contribution in [0.5, 0.6) is 0 Å². The van der Waals surface area contributed by atoms with Crippen molar-refractivity contribution in [3.8, 4) is 0 Å². The van der Waals surface area contributed by atoms with Gasteiger partial charge in [-0.3, -0.25) is 4.79 Å². The van der Waals surface area contributed by atoms with Crippen LogP contribution in [0.2, 0.25) is 5.02 Å². The van der Waals surface area contributed by atoms with Gasteiger partial charge in [0.25, 0.3) is 5.91 Å². The van der Waals surface area contributed by atoms with Crippen LogP contribution in [0.1, 0.15) is 18.2 Å². The fourth-order valence-electron chi connectivity index (χ4n) is 1.84. The minimum absolute atomic E-state index is 0.0809. The second-order valence-corrected chi connectivity index (χ2v) is 5.52. The molecule has 0 saturated heterocycles. The quantitative estimate of drug-likeness (QED) is 0.604. The predicted molar refractivity (Wildman–Crippen MR) is 88.4 cm³/mol. The number of halogens is 4. The Morgan fingerprint density at radius 1 is 1.31 bits per heavy atom. The Balaban J connectivity index is 1.99. The zero-order chi connectivity index (χ0) is 19.3. The average Bonchev–Trinajstić information content (AvgIpc) is 3.07. The van der Waals surface area contributed by atoms with Crippen LogP contribution in [-0.4, -0.2) is 18.0 Å². The summed E-state index contributed by atoms with van der Waals surface area (Å²) in [5.74, 6) is -1.24. The maximum Gasteiger partial charge on any atom is 0.416 e. The molecule has 138 valence electrons. The van der Waals surface area contributed by atoms with E-state index in [-0.39, 0.29) is 10.7 Å². The van der Waals surface area contributed by atoms with Gasteiger partial charge in [0.2, 0.25) is 0 Å². The molecule has 2 aromatic rings. The van der Waals surface area contributed by atoms with Gasteiger partial charge in [-0.25, -0.2) is 4.79 Å². The van der Waals surface area contributed by atoms with Gasteiger partial charge in [-0.15, -0.1) is 0 Å². The van der Waals surface area contributed by atoms with Crippen LogP contribution in [0.4, 0.5) is 18.9 Å². The third-order valence-corrected chi connectivity index (χ3v) is 3.47. The van der Waals surface area contributed by atoms with E-state index < -0.39 is 29.7 Å². The van der Waals surface area contributed by atoms with Crippen molar-refractivity contribution in [3.63, 3.8) is 0 Å². The molecule has 1 atom stereocenters. The summed E-state index contributed by atoms with van der Waals surface area (Å²) in [5, 5.41) is 2.13. The summed E-state index contributed by atoms with van der Waals surface area (Å²) >= 11 is 5.80. The normalized spacial score (nSPS) is 12.8. The smallest absolute Gasteiger partial charge is 0.416 e. The molecule has 0 aliphatic carbocycles. The van der Waals surface area contributed by atoms with E-state index in [0.717, 1.165) is 18.2 Å². The Kier molecular flexibility index (Phi) is 6.10. The highest BCUT2D eigenvalue weighted by Crippen LogP contribution is 2.33. The Bertz CT molecular complexity index is 816. The molecule has 5 nitrogen and oxygen atoms in total. The summed E-state index contributed by atoms with van der Waals surface area (Å²) in [6, 6.07) is 5.74. The first-order chi connectivity index (χ1) is 12.2. The van der Waals surface area contributed by atoms with Gasteiger partial charge in [0.05, 0.1) is 22.5 Å². The van der Waals surface area contributed by atoms with Gasteiger partial charge in [-0.1, -0.05) is 11.6 Å². The highest BCUT2D eigenvalue weighted by Gasteiger charge is 2.31. The van der Waals surface area contributed by atoms with Gasteiger partial charge in [0.15, 0.2) is 6.10 Å². The number of esters is 1. The van der Waals surface area contributed by atoms with Gasteiger partial charge in [-0.2, -0.15) is 13.2 Å². The van der Waals surface area contributed by atoms with Crippen molar-refractivity contribution >= 4 is 35.2 Å². The molecule has 0 saturated carbocycles. The summed E-state index contributed by atoms with van der Waals surface area (Å²) in [5.41, 5.74) is -1.20. The fourth-order valence-corrected chi connectivity index (χ4v) is 2.00. The number of hydrogen-bond acceptors (Lipinski definition) is 4. The number of alkyl halides is 3. The van der Waals surface area contributed by atoms with E-state index in [1.54, 1.807) is 12.1 Å². The number of carbonyl (C=O) groups is 2. The van der Waals surface area contributed by atoms with E-state index >= 15 is 0 Å². The monoisotopic (exact) mass is 387 g/mol. The standard InChI is InChI=1S/C17H13ClF3NO4/c1-10(26-15(23)7-5-12-3-2-8-25-12)16(24)22-14-9-11(17(19,20)21)4-6-13(14)18/h2-10H,1H3,(H,22,24). The van der Waals surface area contributed by atoms with Crippen LogP contribution >= 0.6 is 11.6 Å². The van der Waals surface area contributed by atoms with Crippen LogP contribution in [0.15, 0.2) is 47.1 Å². The van der Waals surface area contributed by atoms with E-state index in [0.29, 0.717) is 11.8 Å². The van der Waals surface area contributed by atoms with Gasteiger partial charge < -0.3 is 14.5 Å². The third kappa shape index (κ3) is 5.38. The van der Waals surface area contributed by atoms with Crippen molar-refractivity contribution in [1.29, 1.82) is 0 Å². The largest absolute Gasteiger partial charge is 0.465 e. The van der Waals surface area contributed by atoms with Crippen molar-refractivity contribution in [3.05, 3.63) is 59.0 Å². The van der Waals surface area contributed by atoms with E-state index in [4.69, 9.17) is 20.8 Å². The van der Waals surface area contributed by atoms with E-state index in [9.17, 15) is 22.8 Å². The number of benzene rings is 1. The first kappa shape index (κ1) is 19.6.